The summed E-state index contributed by atoms with van der Waals surface area (Å²) in [6.45, 7) is 0.741. The van der Waals surface area contributed by atoms with Crippen LogP contribution in [-0.4, -0.2) is 61.9 Å². The maximum atomic E-state index is 14.7. The molecule has 0 spiro atoms. The SMILES string of the molecule is CS(=O)(=O)N(c1cc(F)cc(C(=O)N[C@@H]2CCC[C@H]2O)c1)C1CN(C(c2ccc(Cl)cc2)c2ccc(Cl)cc2)C1. The minimum absolute atomic E-state index is 0.000801. The number of hydrogen-bond donors (Lipinski definition) is 2. The molecule has 2 fully saturated rings. The number of sulfonamides is 1. The van der Waals surface area contributed by atoms with Gasteiger partial charge in [-0.15, -0.1) is 0 Å². The van der Waals surface area contributed by atoms with Crippen LogP contribution in [0.3, 0.4) is 0 Å². The van der Waals surface area contributed by atoms with Crippen LogP contribution in [0.25, 0.3) is 0 Å². The number of rotatable bonds is 8. The van der Waals surface area contributed by atoms with Crippen LogP contribution in [0.1, 0.15) is 46.8 Å². The quantitative estimate of drug-likeness (QED) is 0.376. The lowest BCUT2D eigenvalue weighted by Crippen LogP contribution is -2.61. The summed E-state index contributed by atoms with van der Waals surface area (Å²) in [5.74, 6) is -1.28. The van der Waals surface area contributed by atoms with Crippen LogP contribution in [0.2, 0.25) is 10.0 Å². The molecule has 5 rings (SSSR count). The van der Waals surface area contributed by atoms with Crippen molar-refractivity contribution in [3.05, 3.63) is 99.3 Å². The number of carbonyl (C=O) groups is 1. The van der Waals surface area contributed by atoms with E-state index in [2.05, 4.69) is 10.2 Å². The molecule has 0 unspecified atom stereocenters. The van der Waals surface area contributed by atoms with Gasteiger partial charge in [-0.05, 0) is 72.9 Å². The maximum Gasteiger partial charge on any atom is 0.251 e. The first-order valence-electron chi connectivity index (χ1n) is 13.0. The Bertz CT molecular complexity index is 1440. The van der Waals surface area contributed by atoms with E-state index in [1.807, 2.05) is 48.5 Å². The minimum Gasteiger partial charge on any atom is -0.391 e. The Morgan fingerprint density at radius 2 is 1.57 bits per heavy atom. The molecule has 1 heterocycles. The standard InChI is InChI=1S/C29H30Cl2FN3O4S/c1-40(38,39)35(24-14-20(13-23(32)15-24)29(37)33-26-3-2-4-27(26)36)25-16-34(17-25)28(18-5-9-21(30)10-6-18)19-7-11-22(31)12-8-19/h5-15,25-28,36H,2-4,16-17H2,1H3,(H,33,37)/t26-,27-/m1/s1. The van der Waals surface area contributed by atoms with E-state index >= 15 is 0 Å². The van der Waals surface area contributed by atoms with Crippen molar-refractivity contribution in [2.75, 3.05) is 23.7 Å². The zero-order valence-electron chi connectivity index (χ0n) is 21.8. The van der Waals surface area contributed by atoms with Gasteiger partial charge in [-0.1, -0.05) is 47.5 Å². The van der Waals surface area contributed by atoms with Gasteiger partial charge in [-0.25, -0.2) is 12.8 Å². The fourth-order valence-corrected chi connectivity index (χ4v) is 7.03. The van der Waals surface area contributed by atoms with E-state index < -0.39 is 39.9 Å². The van der Waals surface area contributed by atoms with Crippen LogP contribution in [-0.2, 0) is 10.0 Å². The molecule has 1 aliphatic carbocycles. The van der Waals surface area contributed by atoms with E-state index in [9.17, 15) is 22.7 Å². The van der Waals surface area contributed by atoms with Gasteiger partial charge in [-0.3, -0.25) is 14.0 Å². The number of benzene rings is 3. The lowest BCUT2D eigenvalue weighted by atomic mass is 9.93. The molecule has 1 saturated heterocycles. The topological polar surface area (TPSA) is 90.0 Å². The van der Waals surface area contributed by atoms with Crippen molar-refractivity contribution in [3.8, 4) is 0 Å². The van der Waals surface area contributed by atoms with Crippen molar-refractivity contribution in [2.24, 2.45) is 0 Å². The van der Waals surface area contributed by atoms with Crippen LogP contribution in [0.15, 0.2) is 66.7 Å². The zero-order chi connectivity index (χ0) is 28.6. The largest absolute Gasteiger partial charge is 0.391 e. The highest BCUT2D eigenvalue weighted by Crippen LogP contribution is 2.37. The summed E-state index contributed by atoms with van der Waals surface area (Å²) in [4.78, 5) is 15.0. The predicted octanol–water partition coefficient (Wildman–Crippen LogP) is 5.02. The molecule has 3 aromatic rings. The van der Waals surface area contributed by atoms with Gasteiger partial charge < -0.3 is 10.4 Å². The number of aliphatic hydroxyl groups excluding tert-OH is 1. The Balaban J connectivity index is 1.40. The summed E-state index contributed by atoms with van der Waals surface area (Å²) in [5.41, 5.74) is 2.04. The van der Waals surface area contributed by atoms with Gasteiger partial charge in [0.1, 0.15) is 5.82 Å². The molecule has 0 aromatic heterocycles. The molecule has 1 amide bonds. The molecule has 11 heteroatoms. The van der Waals surface area contributed by atoms with E-state index in [0.717, 1.165) is 35.9 Å². The summed E-state index contributed by atoms with van der Waals surface area (Å²) in [7, 11) is -3.82. The molecule has 2 atom stereocenters. The first-order valence-corrected chi connectivity index (χ1v) is 15.6. The number of hydrogen-bond acceptors (Lipinski definition) is 5. The molecule has 212 valence electrons. The second kappa shape index (κ2) is 11.7. The number of anilines is 1. The van der Waals surface area contributed by atoms with Gasteiger partial charge >= 0.3 is 0 Å². The van der Waals surface area contributed by atoms with Gasteiger partial charge in [0.25, 0.3) is 5.91 Å². The summed E-state index contributed by atoms with van der Waals surface area (Å²) < 4.78 is 41.9. The first kappa shape index (κ1) is 28.8. The van der Waals surface area contributed by atoms with E-state index in [1.165, 1.54) is 10.4 Å². The Morgan fingerprint density at radius 1 is 1.00 bits per heavy atom. The highest BCUT2D eigenvalue weighted by molar-refractivity contribution is 7.92. The van der Waals surface area contributed by atoms with E-state index in [-0.39, 0.29) is 17.3 Å². The number of halogens is 3. The predicted molar refractivity (Wildman–Crippen MR) is 155 cm³/mol. The molecule has 1 saturated carbocycles. The summed E-state index contributed by atoms with van der Waals surface area (Å²) in [6, 6.07) is 17.5. The number of likely N-dealkylation sites (tertiary alicyclic amines) is 1. The third kappa shape index (κ3) is 6.29. The van der Waals surface area contributed by atoms with Gasteiger partial charge in [0, 0.05) is 28.7 Å². The molecule has 2 N–H and O–H groups in total. The summed E-state index contributed by atoms with van der Waals surface area (Å²) in [6.07, 6.45) is 2.43. The first-order chi connectivity index (χ1) is 19.0. The number of amides is 1. The Labute approximate surface area is 243 Å². The number of nitrogens with one attached hydrogen (secondary N) is 1. The van der Waals surface area contributed by atoms with Gasteiger partial charge in [0.05, 0.1) is 36.2 Å². The smallest absolute Gasteiger partial charge is 0.251 e. The van der Waals surface area contributed by atoms with Crippen LogP contribution >= 0.6 is 23.2 Å². The highest BCUT2D eigenvalue weighted by Gasteiger charge is 2.41. The van der Waals surface area contributed by atoms with Crippen molar-refractivity contribution >= 4 is 44.8 Å². The van der Waals surface area contributed by atoms with Crippen LogP contribution in [0, 0.1) is 5.82 Å². The highest BCUT2D eigenvalue weighted by atomic mass is 35.5. The third-order valence-electron chi connectivity index (χ3n) is 7.51. The average molecular weight is 607 g/mol. The Morgan fingerprint density at radius 3 is 2.08 bits per heavy atom. The molecule has 2 aliphatic rings. The zero-order valence-corrected chi connectivity index (χ0v) is 24.1. The molecular formula is C29H30Cl2FN3O4S. The summed E-state index contributed by atoms with van der Waals surface area (Å²) in [5, 5.41) is 14.0. The lowest BCUT2D eigenvalue weighted by molar-refractivity contribution is 0.0872. The monoisotopic (exact) mass is 605 g/mol. The van der Waals surface area contributed by atoms with Crippen molar-refractivity contribution in [2.45, 2.75) is 43.5 Å². The fraction of sp³-hybridized carbons (Fsp3) is 0.345. The number of aliphatic hydroxyl groups is 1. The number of carbonyl (C=O) groups excluding carboxylic acids is 1. The maximum absolute atomic E-state index is 14.7. The van der Waals surface area contributed by atoms with Crippen molar-refractivity contribution in [1.29, 1.82) is 0 Å². The van der Waals surface area contributed by atoms with Crippen molar-refractivity contribution in [3.63, 3.8) is 0 Å². The molecule has 1 aliphatic heterocycles. The van der Waals surface area contributed by atoms with E-state index in [0.29, 0.717) is 36.0 Å². The molecule has 0 radical (unpaired) electrons. The second-order valence-electron chi connectivity index (χ2n) is 10.4. The Kier molecular flexibility index (Phi) is 8.40. The minimum atomic E-state index is -3.82. The summed E-state index contributed by atoms with van der Waals surface area (Å²) >= 11 is 12.2. The molecule has 40 heavy (non-hydrogen) atoms. The normalized spacial score (nSPS) is 19.9. The van der Waals surface area contributed by atoms with Crippen molar-refractivity contribution in [1.82, 2.24) is 10.2 Å². The fourth-order valence-electron chi connectivity index (χ4n) is 5.62. The second-order valence-corrected chi connectivity index (χ2v) is 13.2. The lowest BCUT2D eigenvalue weighted by Gasteiger charge is -2.48. The van der Waals surface area contributed by atoms with Crippen LogP contribution in [0.5, 0.6) is 0 Å². The third-order valence-corrected chi connectivity index (χ3v) is 9.24. The molecular weight excluding hydrogens is 576 g/mol. The molecule has 0 bridgehead atoms. The van der Waals surface area contributed by atoms with E-state index in [4.69, 9.17) is 23.2 Å². The van der Waals surface area contributed by atoms with Gasteiger partial charge in [0.15, 0.2) is 0 Å². The van der Waals surface area contributed by atoms with Crippen LogP contribution < -0.4 is 9.62 Å². The van der Waals surface area contributed by atoms with Crippen LogP contribution in [0.4, 0.5) is 10.1 Å². The van der Waals surface area contributed by atoms with Gasteiger partial charge in [0.2, 0.25) is 10.0 Å². The Hall–Kier alpha value is -2.69. The molecule has 3 aromatic carbocycles. The average Bonchev–Trinajstić information content (AvgIpc) is 3.27. The van der Waals surface area contributed by atoms with Gasteiger partial charge in [-0.2, -0.15) is 0 Å². The van der Waals surface area contributed by atoms with Crippen molar-refractivity contribution < 1.29 is 22.7 Å². The van der Waals surface area contributed by atoms with E-state index in [1.54, 1.807) is 0 Å². The number of nitrogens with zero attached hydrogens (tertiary/aromatic N) is 2. The molecule has 7 nitrogen and oxygen atoms in total.